The quantitative estimate of drug-likeness (QED) is 0.576. The Morgan fingerprint density at radius 1 is 0.964 bits per heavy atom. The van der Waals surface area contributed by atoms with Gasteiger partial charge in [-0.1, -0.05) is 6.07 Å². The second-order valence-electron chi connectivity index (χ2n) is 5.64. The number of alkyl halides is 3. The second kappa shape index (κ2) is 9.03. The van der Waals surface area contributed by atoms with Crippen LogP contribution in [0.4, 0.5) is 24.5 Å². The number of ether oxygens (including phenoxy) is 1. The summed E-state index contributed by atoms with van der Waals surface area (Å²) in [5.41, 5.74) is -0.331. The van der Waals surface area contributed by atoms with Crippen LogP contribution in [0.15, 0.2) is 48.5 Å². The summed E-state index contributed by atoms with van der Waals surface area (Å²) in [5.74, 6) is -1.83. The first-order chi connectivity index (χ1) is 13.2. The molecule has 2 N–H and O–H groups in total. The number of esters is 1. The van der Waals surface area contributed by atoms with Crippen molar-refractivity contribution in [2.24, 2.45) is 0 Å². The number of carbonyl (C=O) groups is 3. The lowest BCUT2D eigenvalue weighted by atomic mass is 10.1. The van der Waals surface area contributed by atoms with E-state index < -0.39 is 35.9 Å². The monoisotopic (exact) mass is 394 g/mol. The molecule has 2 aromatic carbocycles. The zero-order valence-electron chi connectivity index (χ0n) is 14.8. The number of carbonyl (C=O) groups excluding carboxylic acids is 3. The number of halogens is 3. The van der Waals surface area contributed by atoms with Crippen molar-refractivity contribution >= 4 is 29.2 Å². The fourth-order valence-corrected chi connectivity index (χ4v) is 2.23. The zero-order valence-corrected chi connectivity index (χ0v) is 14.8. The van der Waals surface area contributed by atoms with Crippen LogP contribution in [0.3, 0.4) is 0 Å². The van der Waals surface area contributed by atoms with Crippen molar-refractivity contribution in [2.75, 3.05) is 17.2 Å². The zero-order chi connectivity index (χ0) is 20.7. The molecule has 148 valence electrons. The lowest BCUT2D eigenvalue weighted by molar-refractivity contribution is -0.145. The number of benzene rings is 2. The maximum absolute atomic E-state index is 12.7. The van der Waals surface area contributed by atoms with E-state index >= 15 is 0 Å². The van der Waals surface area contributed by atoms with Gasteiger partial charge in [0.15, 0.2) is 0 Å². The summed E-state index contributed by atoms with van der Waals surface area (Å²) in [6.45, 7) is 1.79. The highest BCUT2D eigenvalue weighted by Crippen LogP contribution is 2.30. The fraction of sp³-hybridized carbons (Fsp3) is 0.211. The van der Waals surface area contributed by atoms with E-state index in [2.05, 4.69) is 15.4 Å². The van der Waals surface area contributed by atoms with E-state index in [1.165, 1.54) is 36.4 Å². The SMILES string of the molecule is CCOC(=O)CC(=O)Nc1ccc(C(=O)Nc2cccc(C(F)(F)F)c2)cc1. The van der Waals surface area contributed by atoms with Crippen molar-refractivity contribution in [3.05, 3.63) is 59.7 Å². The van der Waals surface area contributed by atoms with Crippen LogP contribution in [-0.4, -0.2) is 24.4 Å². The Kier molecular flexibility index (Phi) is 6.75. The third-order valence-corrected chi connectivity index (χ3v) is 3.49. The number of nitrogens with one attached hydrogen (secondary N) is 2. The highest BCUT2D eigenvalue weighted by molar-refractivity contribution is 6.05. The maximum atomic E-state index is 12.7. The minimum Gasteiger partial charge on any atom is -0.466 e. The van der Waals surface area contributed by atoms with E-state index in [0.29, 0.717) is 5.69 Å². The smallest absolute Gasteiger partial charge is 0.416 e. The van der Waals surface area contributed by atoms with Crippen LogP contribution in [0.5, 0.6) is 0 Å². The van der Waals surface area contributed by atoms with Crippen LogP contribution in [-0.2, 0) is 20.5 Å². The van der Waals surface area contributed by atoms with Gasteiger partial charge in [-0.15, -0.1) is 0 Å². The third kappa shape index (κ3) is 6.11. The summed E-state index contributed by atoms with van der Waals surface area (Å²) in [6.07, 6.45) is -4.95. The number of hydrogen-bond donors (Lipinski definition) is 2. The molecule has 0 spiro atoms. The number of amides is 2. The van der Waals surface area contributed by atoms with Gasteiger partial charge < -0.3 is 15.4 Å². The molecule has 0 atom stereocenters. The Balaban J connectivity index is 1.98. The normalized spacial score (nSPS) is 10.9. The van der Waals surface area contributed by atoms with E-state index in [1.54, 1.807) is 6.92 Å². The van der Waals surface area contributed by atoms with Crippen LogP contribution in [0.2, 0.25) is 0 Å². The van der Waals surface area contributed by atoms with E-state index in [-0.39, 0.29) is 17.9 Å². The van der Waals surface area contributed by atoms with Crippen LogP contribution in [0.25, 0.3) is 0 Å². The summed E-state index contributed by atoms with van der Waals surface area (Å²) in [6, 6.07) is 9.93. The van der Waals surface area contributed by atoms with Crippen molar-refractivity contribution in [1.29, 1.82) is 0 Å². The van der Waals surface area contributed by atoms with Crippen molar-refractivity contribution in [3.63, 3.8) is 0 Å². The lowest BCUT2D eigenvalue weighted by Gasteiger charge is -2.10. The molecular weight excluding hydrogens is 377 g/mol. The molecule has 0 saturated heterocycles. The highest BCUT2D eigenvalue weighted by atomic mass is 19.4. The van der Waals surface area contributed by atoms with Gasteiger partial charge in [-0.3, -0.25) is 14.4 Å². The Hall–Kier alpha value is -3.36. The first kappa shape index (κ1) is 20.9. The minimum absolute atomic E-state index is 0.00615. The third-order valence-electron chi connectivity index (χ3n) is 3.49. The number of rotatable bonds is 6. The van der Waals surface area contributed by atoms with Gasteiger partial charge >= 0.3 is 12.1 Å². The average Bonchev–Trinajstić information content (AvgIpc) is 2.61. The number of hydrogen-bond acceptors (Lipinski definition) is 4. The Bertz CT molecular complexity index is 864. The van der Waals surface area contributed by atoms with Crippen LogP contribution >= 0.6 is 0 Å². The molecule has 0 radical (unpaired) electrons. The van der Waals surface area contributed by atoms with Crippen molar-refractivity contribution < 1.29 is 32.3 Å². The molecule has 0 heterocycles. The largest absolute Gasteiger partial charge is 0.466 e. The molecule has 9 heteroatoms. The molecule has 0 saturated carbocycles. The van der Waals surface area contributed by atoms with E-state index in [1.807, 2.05) is 0 Å². The molecule has 2 aromatic rings. The van der Waals surface area contributed by atoms with Crippen LogP contribution < -0.4 is 10.6 Å². The number of anilines is 2. The summed E-state index contributed by atoms with van der Waals surface area (Å²) in [5, 5.41) is 4.86. The molecule has 0 aromatic heterocycles. The molecule has 6 nitrogen and oxygen atoms in total. The summed E-state index contributed by atoms with van der Waals surface area (Å²) >= 11 is 0. The summed E-state index contributed by atoms with van der Waals surface area (Å²) < 4.78 is 42.8. The molecule has 28 heavy (non-hydrogen) atoms. The van der Waals surface area contributed by atoms with E-state index in [9.17, 15) is 27.6 Å². The maximum Gasteiger partial charge on any atom is 0.416 e. The Labute approximate surface area is 158 Å². The first-order valence-electron chi connectivity index (χ1n) is 8.23. The predicted octanol–water partition coefficient (Wildman–Crippen LogP) is 3.85. The molecule has 2 rings (SSSR count). The Morgan fingerprint density at radius 3 is 2.25 bits per heavy atom. The summed E-state index contributed by atoms with van der Waals surface area (Å²) in [4.78, 5) is 35.1. The van der Waals surface area contributed by atoms with Gasteiger partial charge in [-0.25, -0.2) is 0 Å². The van der Waals surface area contributed by atoms with Gasteiger partial charge in [-0.2, -0.15) is 13.2 Å². The van der Waals surface area contributed by atoms with Crippen LogP contribution in [0, 0.1) is 0 Å². The predicted molar refractivity (Wildman–Crippen MR) is 95.7 cm³/mol. The molecule has 0 aliphatic rings. The van der Waals surface area contributed by atoms with E-state index in [0.717, 1.165) is 12.1 Å². The van der Waals surface area contributed by atoms with Gasteiger partial charge in [0.1, 0.15) is 6.42 Å². The van der Waals surface area contributed by atoms with Crippen molar-refractivity contribution in [1.82, 2.24) is 0 Å². The first-order valence-corrected chi connectivity index (χ1v) is 8.23. The van der Waals surface area contributed by atoms with Gasteiger partial charge in [0.25, 0.3) is 5.91 Å². The highest BCUT2D eigenvalue weighted by Gasteiger charge is 2.30. The van der Waals surface area contributed by atoms with E-state index in [4.69, 9.17) is 0 Å². The molecular formula is C19H17F3N2O4. The molecule has 0 unspecified atom stereocenters. The second-order valence-corrected chi connectivity index (χ2v) is 5.64. The minimum atomic E-state index is -4.51. The Morgan fingerprint density at radius 2 is 1.64 bits per heavy atom. The van der Waals surface area contributed by atoms with Gasteiger partial charge in [0, 0.05) is 16.9 Å². The average molecular weight is 394 g/mol. The standard InChI is InChI=1S/C19H17F3N2O4/c1-2-28-17(26)11-16(25)23-14-8-6-12(7-9-14)18(27)24-15-5-3-4-13(10-15)19(20,21)22/h3-10H,2,11H2,1H3,(H,23,25)(H,24,27). The molecule has 0 aliphatic heterocycles. The van der Waals surface area contributed by atoms with Crippen LogP contribution in [0.1, 0.15) is 29.3 Å². The van der Waals surface area contributed by atoms with Gasteiger partial charge in [0.2, 0.25) is 5.91 Å². The van der Waals surface area contributed by atoms with Gasteiger partial charge in [0.05, 0.1) is 12.2 Å². The lowest BCUT2D eigenvalue weighted by Crippen LogP contribution is -2.18. The van der Waals surface area contributed by atoms with Crippen molar-refractivity contribution in [2.45, 2.75) is 19.5 Å². The molecule has 0 bridgehead atoms. The topological polar surface area (TPSA) is 84.5 Å². The van der Waals surface area contributed by atoms with Crippen molar-refractivity contribution in [3.8, 4) is 0 Å². The summed E-state index contributed by atoms with van der Waals surface area (Å²) in [7, 11) is 0. The molecule has 0 fully saturated rings. The molecule has 0 aliphatic carbocycles. The van der Waals surface area contributed by atoms with Gasteiger partial charge in [-0.05, 0) is 49.4 Å². The molecule has 2 amide bonds. The fourth-order valence-electron chi connectivity index (χ4n) is 2.23.